The number of para-hydroxylation sites is 1. The van der Waals surface area contributed by atoms with Crippen molar-refractivity contribution in [2.75, 3.05) is 12.5 Å². The Morgan fingerprint density at radius 3 is 2.67 bits per heavy atom. The highest BCUT2D eigenvalue weighted by Crippen LogP contribution is 2.18. The highest BCUT2D eigenvalue weighted by molar-refractivity contribution is 6.18. The van der Waals surface area contributed by atoms with Gasteiger partial charge in [-0.25, -0.2) is 0 Å². The first kappa shape index (κ1) is 14.8. The predicted octanol–water partition coefficient (Wildman–Crippen LogP) is 3.08. The van der Waals surface area contributed by atoms with Gasteiger partial charge < -0.3 is 10.1 Å². The molecule has 0 aliphatic carbocycles. The molecule has 1 aromatic rings. The van der Waals surface area contributed by atoms with Crippen LogP contribution in [0.2, 0.25) is 0 Å². The minimum Gasteiger partial charge on any atom is -0.493 e. The van der Waals surface area contributed by atoms with E-state index >= 15 is 0 Å². The number of ether oxygens (including phenoxy) is 1. The third-order valence-electron chi connectivity index (χ3n) is 2.89. The SMILES string of the molecule is CCOc1ccccc1C(=O)NC(C)C(C)CCl. The average Bonchev–Trinajstić information content (AvgIpc) is 2.38. The lowest BCUT2D eigenvalue weighted by Crippen LogP contribution is -2.37. The molecule has 4 heteroatoms. The van der Waals surface area contributed by atoms with Crippen molar-refractivity contribution in [3.63, 3.8) is 0 Å². The zero-order chi connectivity index (χ0) is 13.5. The van der Waals surface area contributed by atoms with Gasteiger partial charge in [0.2, 0.25) is 0 Å². The molecule has 1 N–H and O–H groups in total. The van der Waals surface area contributed by atoms with Crippen LogP contribution in [-0.4, -0.2) is 24.4 Å². The number of alkyl halides is 1. The molecule has 100 valence electrons. The number of carbonyl (C=O) groups is 1. The lowest BCUT2D eigenvalue weighted by Gasteiger charge is -2.20. The van der Waals surface area contributed by atoms with Crippen LogP contribution in [0.25, 0.3) is 0 Å². The van der Waals surface area contributed by atoms with E-state index < -0.39 is 0 Å². The number of amides is 1. The molecular weight excluding hydrogens is 250 g/mol. The molecule has 0 radical (unpaired) electrons. The first-order chi connectivity index (χ1) is 8.60. The van der Waals surface area contributed by atoms with E-state index in [2.05, 4.69) is 5.32 Å². The van der Waals surface area contributed by atoms with Crippen molar-refractivity contribution < 1.29 is 9.53 Å². The lowest BCUT2D eigenvalue weighted by molar-refractivity contribution is 0.0927. The Balaban J connectivity index is 2.77. The molecule has 1 aromatic carbocycles. The second-order valence-electron chi connectivity index (χ2n) is 4.32. The van der Waals surface area contributed by atoms with Crippen LogP contribution in [0.5, 0.6) is 5.75 Å². The van der Waals surface area contributed by atoms with Crippen LogP contribution < -0.4 is 10.1 Å². The van der Waals surface area contributed by atoms with E-state index in [1.807, 2.05) is 32.9 Å². The standard InChI is InChI=1S/C14H20ClNO2/c1-4-18-13-8-6-5-7-12(13)14(17)16-11(3)10(2)9-15/h5-8,10-11H,4,9H2,1-3H3,(H,16,17). The van der Waals surface area contributed by atoms with Crippen molar-refractivity contribution in [2.45, 2.75) is 26.8 Å². The molecule has 3 nitrogen and oxygen atoms in total. The number of carbonyl (C=O) groups excluding carboxylic acids is 1. The van der Waals surface area contributed by atoms with Gasteiger partial charge in [-0.2, -0.15) is 0 Å². The summed E-state index contributed by atoms with van der Waals surface area (Å²) in [5.74, 6) is 1.25. The molecule has 0 saturated heterocycles. The third-order valence-corrected chi connectivity index (χ3v) is 3.37. The monoisotopic (exact) mass is 269 g/mol. The van der Waals surface area contributed by atoms with Gasteiger partial charge in [0.25, 0.3) is 5.91 Å². The molecule has 0 spiro atoms. The highest BCUT2D eigenvalue weighted by atomic mass is 35.5. The van der Waals surface area contributed by atoms with Crippen LogP contribution in [0.4, 0.5) is 0 Å². The van der Waals surface area contributed by atoms with Crippen molar-refractivity contribution in [3.8, 4) is 5.75 Å². The molecule has 1 amide bonds. The number of benzene rings is 1. The summed E-state index contributed by atoms with van der Waals surface area (Å²) in [6.07, 6.45) is 0. The zero-order valence-corrected chi connectivity index (χ0v) is 11.8. The fourth-order valence-corrected chi connectivity index (χ4v) is 1.76. The summed E-state index contributed by atoms with van der Waals surface area (Å²) in [4.78, 5) is 12.1. The molecule has 0 aromatic heterocycles. The van der Waals surface area contributed by atoms with E-state index in [0.717, 1.165) is 0 Å². The number of hydrogen-bond acceptors (Lipinski definition) is 2. The molecule has 2 unspecified atom stereocenters. The van der Waals surface area contributed by atoms with E-state index in [-0.39, 0.29) is 17.9 Å². The van der Waals surface area contributed by atoms with E-state index in [4.69, 9.17) is 16.3 Å². The minimum atomic E-state index is -0.122. The van der Waals surface area contributed by atoms with Crippen molar-refractivity contribution in [2.24, 2.45) is 5.92 Å². The molecule has 0 bridgehead atoms. The maximum atomic E-state index is 12.1. The summed E-state index contributed by atoms with van der Waals surface area (Å²) < 4.78 is 5.44. The van der Waals surface area contributed by atoms with Gasteiger partial charge in [-0.3, -0.25) is 4.79 Å². The molecule has 18 heavy (non-hydrogen) atoms. The molecule has 0 aliphatic rings. The van der Waals surface area contributed by atoms with Crippen LogP contribution in [0.3, 0.4) is 0 Å². The largest absolute Gasteiger partial charge is 0.493 e. The zero-order valence-electron chi connectivity index (χ0n) is 11.1. The van der Waals surface area contributed by atoms with Crippen LogP contribution in [0, 0.1) is 5.92 Å². The normalized spacial score (nSPS) is 13.8. The van der Waals surface area contributed by atoms with Gasteiger partial charge in [0, 0.05) is 11.9 Å². The van der Waals surface area contributed by atoms with Gasteiger partial charge in [-0.1, -0.05) is 19.1 Å². The Bertz CT molecular complexity index is 395. The van der Waals surface area contributed by atoms with Gasteiger partial charge in [0.1, 0.15) is 5.75 Å². The first-order valence-corrected chi connectivity index (χ1v) is 6.72. The van der Waals surface area contributed by atoms with Gasteiger partial charge in [0.05, 0.1) is 12.2 Å². The summed E-state index contributed by atoms with van der Waals surface area (Å²) in [6, 6.07) is 7.27. The summed E-state index contributed by atoms with van der Waals surface area (Å²) in [5, 5.41) is 2.94. The summed E-state index contributed by atoms with van der Waals surface area (Å²) in [6.45, 7) is 6.39. The minimum absolute atomic E-state index is 0.0321. The van der Waals surface area contributed by atoms with Gasteiger partial charge in [0.15, 0.2) is 0 Å². The van der Waals surface area contributed by atoms with Gasteiger partial charge >= 0.3 is 0 Å². The second kappa shape index (κ2) is 7.27. The van der Waals surface area contributed by atoms with Crippen molar-refractivity contribution >= 4 is 17.5 Å². The molecule has 0 heterocycles. The third kappa shape index (κ3) is 3.91. The molecule has 0 aliphatic heterocycles. The fraction of sp³-hybridized carbons (Fsp3) is 0.500. The van der Waals surface area contributed by atoms with Gasteiger partial charge in [-0.05, 0) is 31.9 Å². The van der Waals surface area contributed by atoms with Crippen LogP contribution in [0.15, 0.2) is 24.3 Å². The van der Waals surface area contributed by atoms with Crippen LogP contribution in [0.1, 0.15) is 31.1 Å². The summed E-state index contributed by atoms with van der Waals surface area (Å²) >= 11 is 5.78. The highest BCUT2D eigenvalue weighted by Gasteiger charge is 2.17. The molecule has 1 rings (SSSR count). The molecule has 0 fully saturated rings. The van der Waals surface area contributed by atoms with Crippen molar-refractivity contribution in [1.82, 2.24) is 5.32 Å². The Morgan fingerprint density at radius 1 is 1.39 bits per heavy atom. The predicted molar refractivity (Wildman–Crippen MR) is 74.4 cm³/mol. The summed E-state index contributed by atoms with van der Waals surface area (Å²) in [7, 11) is 0. The quantitative estimate of drug-likeness (QED) is 0.806. The van der Waals surface area contributed by atoms with Crippen LogP contribution >= 0.6 is 11.6 Å². The smallest absolute Gasteiger partial charge is 0.255 e. The van der Waals surface area contributed by atoms with Crippen LogP contribution in [-0.2, 0) is 0 Å². The Morgan fingerprint density at radius 2 is 2.06 bits per heavy atom. The Hall–Kier alpha value is -1.22. The Labute approximate surface area is 113 Å². The molecule has 2 atom stereocenters. The van der Waals surface area contributed by atoms with E-state index in [0.29, 0.717) is 23.8 Å². The number of nitrogens with one attached hydrogen (secondary N) is 1. The number of hydrogen-bond donors (Lipinski definition) is 1. The fourth-order valence-electron chi connectivity index (χ4n) is 1.50. The molecular formula is C14H20ClNO2. The molecule has 0 saturated carbocycles. The van der Waals surface area contributed by atoms with Gasteiger partial charge in [-0.15, -0.1) is 11.6 Å². The maximum Gasteiger partial charge on any atom is 0.255 e. The Kier molecular flexibility index (Phi) is 5.99. The number of halogens is 1. The second-order valence-corrected chi connectivity index (χ2v) is 4.63. The maximum absolute atomic E-state index is 12.1. The first-order valence-electron chi connectivity index (χ1n) is 6.18. The number of rotatable bonds is 6. The lowest BCUT2D eigenvalue weighted by atomic mass is 10.1. The summed E-state index contributed by atoms with van der Waals surface area (Å²) in [5.41, 5.74) is 0.563. The average molecular weight is 270 g/mol. The van der Waals surface area contributed by atoms with E-state index in [1.165, 1.54) is 0 Å². The van der Waals surface area contributed by atoms with Crippen molar-refractivity contribution in [3.05, 3.63) is 29.8 Å². The topological polar surface area (TPSA) is 38.3 Å². The van der Waals surface area contributed by atoms with Crippen molar-refractivity contribution in [1.29, 1.82) is 0 Å². The van der Waals surface area contributed by atoms with E-state index in [1.54, 1.807) is 12.1 Å². The van der Waals surface area contributed by atoms with E-state index in [9.17, 15) is 4.79 Å².